The molecule has 8 heteroatoms. The molecule has 0 spiro atoms. The molecule has 1 aromatic heterocycles. The van der Waals surface area contributed by atoms with Crippen molar-refractivity contribution in [1.29, 1.82) is 0 Å². The van der Waals surface area contributed by atoms with E-state index in [-0.39, 0.29) is 5.03 Å². The molecule has 20 heavy (non-hydrogen) atoms. The van der Waals surface area contributed by atoms with Crippen molar-refractivity contribution in [3.05, 3.63) is 12.0 Å². The molecular formula is C12H21N3O4S. The molecule has 114 valence electrons. The van der Waals surface area contributed by atoms with Gasteiger partial charge in [0.2, 0.25) is 0 Å². The van der Waals surface area contributed by atoms with Crippen molar-refractivity contribution in [2.24, 2.45) is 5.41 Å². The van der Waals surface area contributed by atoms with Crippen LogP contribution < -0.4 is 4.72 Å². The zero-order valence-corrected chi connectivity index (χ0v) is 13.2. The van der Waals surface area contributed by atoms with E-state index in [0.29, 0.717) is 12.4 Å². The summed E-state index contributed by atoms with van der Waals surface area (Å²) in [6.07, 6.45) is 1.40. The number of carboxylic acid groups (broad SMARTS) is 1. The molecule has 1 aromatic rings. The van der Waals surface area contributed by atoms with Crippen LogP contribution in [0.25, 0.3) is 0 Å². The number of nitrogens with zero attached hydrogens (tertiary/aromatic N) is 2. The molecule has 2 N–H and O–H groups in total. The van der Waals surface area contributed by atoms with Crippen molar-refractivity contribution in [2.45, 2.75) is 52.2 Å². The number of rotatable bonds is 5. The molecule has 0 aliphatic carbocycles. The van der Waals surface area contributed by atoms with Crippen LogP contribution in [0.2, 0.25) is 0 Å². The molecule has 0 radical (unpaired) electrons. The van der Waals surface area contributed by atoms with Crippen LogP contribution in [-0.2, 0) is 21.4 Å². The van der Waals surface area contributed by atoms with E-state index in [0.717, 1.165) is 0 Å². The van der Waals surface area contributed by atoms with Crippen molar-refractivity contribution in [3.8, 4) is 0 Å². The number of aromatic nitrogens is 2. The molecule has 1 heterocycles. The highest BCUT2D eigenvalue weighted by molar-refractivity contribution is 7.89. The number of sulfonamides is 1. The van der Waals surface area contributed by atoms with Gasteiger partial charge in [-0.3, -0.25) is 4.79 Å². The first-order valence-electron chi connectivity index (χ1n) is 6.28. The first-order chi connectivity index (χ1) is 8.99. The third-order valence-corrected chi connectivity index (χ3v) is 4.25. The van der Waals surface area contributed by atoms with Gasteiger partial charge in [-0.2, -0.15) is 4.72 Å². The lowest BCUT2D eigenvalue weighted by Crippen LogP contribution is -2.49. The van der Waals surface area contributed by atoms with E-state index in [4.69, 9.17) is 0 Å². The number of aryl methyl sites for hydroxylation is 2. The highest BCUT2D eigenvalue weighted by atomic mass is 32.2. The second-order valence-corrected chi connectivity index (χ2v) is 7.33. The maximum Gasteiger partial charge on any atom is 0.322 e. The molecule has 0 fully saturated rings. The van der Waals surface area contributed by atoms with Crippen LogP contribution in [0.4, 0.5) is 0 Å². The molecule has 0 bridgehead atoms. The second kappa shape index (κ2) is 5.53. The molecule has 0 unspecified atom stereocenters. The summed E-state index contributed by atoms with van der Waals surface area (Å²) in [5, 5.41) is 9.01. The highest BCUT2D eigenvalue weighted by Crippen LogP contribution is 2.21. The average molecular weight is 303 g/mol. The monoisotopic (exact) mass is 303 g/mol. The van der Waals surface area contributed by atoms with Crippen LogP contribution in [-0.4, -0.2) is 35.1 Å². The SMILES string of the molecule is CCn1cc(S(=O)(=O)N[C@@H](C(=O)O)C(C)(C)C)nc1C. The van der Waals surface area contributed by atoms with Crippen LogP contribution >= 0.6 is 0 Å². The maximum absolute atomic E-state index is 12.2. The maximum atomic E-state index is 12.2. The summed E-state index contributed by atoms with van der Waals surface area (Å²) in [5.41, 5.74) is -0.749. The van der Waals surface area contributed by atoms with Crippen LogP contribution in [0, 0.1) is 12.3 Å². The van der Waals surface area contributed by atoms with E-state index in [1.807, 2.05) is 6.92 Å². The molecule has 0 amide bonds. The largest absolute Gasteiger partial charge is 0.480 e. The highest BCUT2D eigenvalue weighted by Gasteiger charge is 2.36. The Morgan fingerprint density at radius 1 is 1.50 bits per heavy atom. The van der Waals surface area contributed by atoms with Crippen molar-refractivity contribution in [3.63, 3.8) is 0 Å². The topological polar surface area (TPSA) is 101 Å². The minimum Gasteiger partial charge on any atom is -0.480 e. The van der Waals surface area contributed by atoms with E-state index in [2.05, 4.69) is 9.71 Å². The molecule has 1 rings (SSSR count). The van der Waals surface area contributed by atoms with Crippen molar-refractivity contribution >= 4 is 16.0 Å². The van der Waals surface area contributed by atoms with Crippen LogP contribution in [0.5, 0.6) is 0 Å². The van der Waals surface area contributed by atoms with Crippen molar-refractivity contribution in [1.82, 2.24) is 14.3 Å². The van der Waals surface area contributed by atoms with Gasteiger partial charge in [0.15, 0.2) is 5.03 Å². The molecule has 0 saturated heterocycles. The Bertz CT molecular complexity index is 599. The molecule has 0 aromatic carbocycles. The minimum atomic E-state index is -3.96. The fourth-order valence-electron chi connectivity index (χ4n) is 1.74. The number of hydrogen-bond acceptors (Lipinski definition) is 4. The Hall–Kier alpha value is -1.41. The molecule has 0 aliphatic heterocycles. The Kier molecular flexibility index (Phi) is 4.60. The van der Waals surface area contributed by atoms with Gasteiger partial charge in [-0.25, -0.2) is 13.4 Å². The summed E-state index contributed by atoms with van der Waals surface area (Å²) >= 11 is 0. The van der Waals surface area contributed by atoms with Crippen molar-refractivity contribution in [2.75, 3.05) is 0 Å². The third kappa shape index (κ3) is 3.57. The van der Waals surface area contributed by atoms with Gasteiger partial charge in [0.25, 0.3) is 10.0 Å². The number of carbonyl (C=O) groups is 1. The number of nitrogens with one attached hydrogen (secondary N) is 1. The van der Waals surface area contributed by atoms with E-state index in [1.165, 1.54) is 6.20 Å². The summed E-state index contributed by atoms with van der Waals surface area (Å²) < 4.78 is 28.3. The van der Waals surface area contributed by atoms with E-state index in [9.17, 15) is 18.3 Å². The smallest absolute Gasteiger partial charge is 0.322 e. The Balaban J connectivity index is 3.13. The second-order valence-electron chi connectivity index (χ2n) is 5.67. The summed E-state index contributed by atoms with van der Waals surface area (Å²) in [6.45, 7) is 9.13. The van der Waals surface area contributed by atoms with Gasteiger partial charge in [0, 0.05) is 12.7 Å². The normalized spacial score (nSPS) is 14.2. The minimum absolute atomic E-state index is 0.160. The summed E-state index contributed by atoms with van der Waals surface area (Å²) in [6, 6.07) is -1.22. The molecule has 0 aliphatic rings. The summed E-state index contributed by atoms with van der Waals surface area (Å²) in [5.74, 6) is -0.650. The van der Waals surface area contributed by atoms with Crippen LogP contribution in [0.3, 0.4) is 0 Å². The molecule has 7 nitrogen and oxygen atoms in total. The van der Waals surface area contributed by atoms with E-state index in [1.54, 1.807) is 32.3 Å². The fraction of sp³-hybridized carbons (Fsp3) is 0.667. The Morgan fingerprint density at radius 2 is 2.05 bits per heavy atom. The lowest BCUT2D eigenvalue weighted by Gasteiger charge is -2.27. The number of carboxylic acids is 1. The van der Waals surface area contributed by atoms with Gasteiger partial charge >= 0.3 is 5.97 Å². The quantitative estimate of drug-likeness (QED) is 0.844. The third-order valence-electron chi connectivity index (χ3n) is 2.96. The first kappa shape index (κ1) is 16.6. The average Bonchev–Trinajstić information content (AvgIpc) is 2.66. The Labute approximate surface area is 119 Å². The van der Waals surface area contributed by atoms with Gasteiger partial charge in [0.1, 0.15) is 11.9 Å². The molecule has 1 atom stereocenters. The molecular weight excluding hydrogens is 282 g/mol. The van der Waals surface area contributed by atoms with E-state index >= 15 is 0 Å². The van der Waals surface area contributed by atoms with Gasteiger partial charge in [-0.15, -0.1) is 0 Å². The van der Waals surface area contributed by atoms with Crippen LogP contribution in [0.1, 0.15) is 33.5 Å². The standard InChI is InChI=1S/C12H21N3O4S/c1-6-15-7-9(13-8(15)2)20(18,19)14-10(11(16)17)12(3,4)5/h7,10,14H,6H2,1-5H3,(H,16,17)/t10-/m0/s1. The van der Waals surface area contributed by atoms with Crippen LogP contribution in [0.15, 0.2) is 11.2 Å². The zero-order chi connectivity index (χ0) is 15.7. The van der Waals surface area contributed by atoms with E-state index < -0.39 is 27.4 Å². The van der Waals surface area contributed by atoms with Crippen molar-refractivity contribution < 1.29 is 18.3 Å². The predicted molar refractivity (Wildman–Crippen MR) is 73.8 cm³/mol. The Morgan fingerprint density at radius 3 is 2.40 bits per heavy atom. The summed E-state index contributed by atoms with van der Waals surface area (Å²) in [4.78, 5) is 15.2. The number of imidazole rings is 1. The first-order valence-corrected chi connectivity index (χ1v) is 7.76. The number of hydrogen-bond donors (Lipinski definition) is 2. The van der Waals surface area contributed by atoms with Gasteiger partial charge in [-0.1, -0.05) is 20.8 Å². The lowest BCUT2D eigenvalue weighted by molar-refractivity contribution is -0.141. The zero-order valence-electron chi connectivity index (χ0n) is 12.3. The summed E-state index contributed by atoms with van der Waals surface area (Å²) in [7, 11) is -3.96. The predicted octanol–water partition coefficient (Wildman–Crippen LogP) is 0.989. The lowest BCUT2D eigenvalue weighted by atomic mass is 9.88. The number of aliphatic carboxylic acids is 1. The van der Waals surface area contributed by atoms with Gasteiger partial charge in [0.05, 0.1) is 0 Å². The molecule has 0 saturated carbocycles. The van der Waals surface area contributed by atoms with Gasteiger partial charge < -0.3 is 9.67 Å². The van der Waals surface area contributed by atoms with Gasteiger partial charge in [-0.05, 0) is 19.3 Å². The fourth-order valence-corrected chi connectivity index (χ4v) is 3.15.